The fourth-order valence-corrected chi connectivity index (χ4v) is 3.55. The van der Waals surface area contributed by atoms with Gasteiger partial charge in [-0.05, 0) is 42.8 Å². The van der Waals surface area contributed by atoms with Crippen molar-refractivity contribution in [1.29, 1.82) is 0 Å². The highest BCUT2D eigenvalue weighted by Crippen LogP contribution is 2.17. The fraction of sp³-hybridized carbons (Fsp3) is 0.304. The zero-order valence-corrected chi connectivity index (χ0v) is 19.1. The predicted octanol–water partition coefficient (Wildman–Crippen LogP) is 3.95. The maximum Gasteiger partial charge on any atom is 0.293 e. The Morgan fingerprint density at radius 3 is 2.58 bits per heavy atom. The fourth-order valence-electron chi connectivity index (χ4n) is 2.84. The van der Waals surface area contributed by atoms with Gasteiger partial charge in [0.1, 0.15) is 5.75 Å². The Morgan fingerprint density at radius 2 is 1.85 bits per heavy atom. The van der Waals surface area contributed by atoms with Crippen molar-refractivity contribution in [2.75, 3.05) is 11.9 Å². The van der Waals surface area contributed by atoms with Crippen LogP contribution in [-0.2, 0) is 11.2 Å². The zero-order chi connectivity index (χ0) is 23.5. The second kappa shape index (κ2) is 12.4. The van der Waals surface area contributed by atoms with Gasteiger partial charge in [-0.3, -0.25) is 30.6 Å². The third-order valence-electron chi connectivity index (χ3n) is 4.56. The number of nitrogens with one attached hydrogen (secondary N) is 3. The van der Waals surface area contributed by atoms with E-state index in [0.717, 1.165) is 12.8 Å². The number of carbonyl (C=O) groups excluding carboxylic acids is 3. The SMILES string of the molecule is CCCCCCOc1ccc(C(=O)NNC(=O)Cc2csc(NC(=O)c3ccco3)n2)cc1. The molecule has 0 aliphatic heterocycles. The molecular formula is C23H26N4O5S. The summed E-state index contributed by atoms with van der Waals surface area (Å²) in [6.45, 7) is 2.81. The third kappa shape index (κ3) is 7.76. The van der Waals surface area contributed by atoms with E-state index >= 15 is 0 Å². The van der Waals surface area contributed by atoms with Crippen molar-refractivity contribution in [2.45, 2.75) is 39.0 Å². The first-order chi connectivity index (χ1) is 16.0. The van der Waals surface area contributed by atoms with Crippen LogP contribution < -0.4 is 20.9 Å². The lowest BCUT2D eigenvalue weighted by molar-refractivity contribution is -0.121. The number of nitrogens with zero attached hydrogens (tertiary/aromatic N) is 1. The molecule has 3 rings (SSSR count). The predicted molar refractivity (Wildman–Crippen MR) is 124 cm³/mol. The Labute approximate surface area is 195 Å². The van der Waals surface area contributed by atoms with Gasteiger partial charge in [0.05, 0.1) is 25.0 Å². The number of furan rings is 1. The van der Waals surface area contributed by atoms with Gasteiger partial charge < -0.3 is 9.15 Å². The molecule has 2 heterocycles. The van der Waals surface area contributed by atoms with Gasteiger partial charge in [-0.25, -0.2) is 4.98 Å². The van der Waals surface area contributed by atoms with Crippen molar-refractivity contribution in [2.24, 2.45) is 0 Å². The number of thiazole rings is 1. The summed E-state index contributed by atoms with van der Waals surface area (Å²) in [5.74, 6) is -0.443. The molecule has 0 spiro atoms. The van der Waals surface area contributed by atoms with Crippen LogP contribution in [0.1, 0.15) is 59.2 Å². The highest BCUT2D eigenvalue weighted by Gasteiger charge is 2.13. The molecule has 0 atom stereocenters. The van der Waals surface area contributed by atoms with Crippen molar-refractivity contribution in [1.82, 2.24) is 15.8 Å². The van der Waals surface area contributed by atoms with Crippen molar-refractivity contribution >= 4 is 34.2 Å². The molecule has 0 bridgehead atoms. The van der Waals surface area contributed by atoms with Crippen LogP contribution >= 0.6 is 11.3 Å². The van der Waals surface area contributed by atoms with Gasteiger partial charge in [0.25, 0.3) is 11.8 Å². The number of hydrazine groups is 1. The number of unbranched alkanes of at least 4 members (excludes halogenated alkanes) is 3. The monoisotopic (exact) mass is 470 g/mol. The Morgan fingerprint density at radius 1 is 1.03 bits per heavy atom. The third-order valence-corrected chi connectivity index (χ3v) is 5.36. The van der Waals surface area contributed by atoms with Crippen LogP contribution in [0.4, 0.5) is 5.13 Å². The summed E-state index contributed by atoms with van der Waals surface area (Å²) in [5, 5.41) is 4.60. The molecule has 3 aromatic rings. The number of aromatic nitrogens is 1. The minimum Gasteiger partial charge on any atom is -0.494 e. The smallest absolute Gasteiger partial charge is 0.293 e. The molecule has 0 aliphatic rings. The lowest BCUT2D eigenvalue weighted by Crippen LogP contribution is -2.42. The van der Waals surface area contributed by atoms with Gasteiger partial charge in [-0.2, -0.15) is 0 Å². The lowest BCUT2D eigenvalue weighted by atomic mass is 10.2. The molecule has 10 heteroatoms. The molecule has 3 N–H and O–H groups in total. The van der Waals surface area contributed by atoms with Crippen molar-refractivity contribution < 1.29 is 23.5 Å². The van der Waals surface area contributed by atoms with E-state index in [1.807, 2.05) is 0 Å². The molecule has 0 radical (unpaired) electrons. The van der Waals surface area contributed by atoms with Crippen LogP contribution in [0.5, 0.6) is 5.75 Å². The van der Waals surface area contributed by atoms with Crippen LogP contribution in [0.15, 0.2) is 52.5 Å². The van der Waals surface area contributed by atoms with Gasteiger partial charge in [-0.1, -0.05) is 26.2 Å². The van der Waals surface area contributed by atoms with Crippen LogP contribution in [0.25, 0.3) is 0 Å². The molecule has 0 saturated heterocycles. The number of carbonyl (C=O) groups is 3. The number of anilines is 1. The number of benzene rings is 1. The second-order valence-corrected chi connectivity index (χ2v) is 8.05. The summed E-state index contributed by atoms with van der Waals surface area (Å²) >= 11 is 1.18. The summed E-state index contributed by atoms with van der Waals surface area (Å²) in [6.07, 6.45) is 5.85. The van der Waals surface area contributed by atoms with Crippen LogP contribution in [0.3, 0.4) is 0 Å². The quantitative estimate of drug-likeness (QED) is 0.288. The summed E-state index contributed by atoms with van der Waals surface area (Å²) in [7, 11) is 0. The number of hydrogen-bond acceptors (Lipinski definition) is 7. The molecule has 3 amide bonds. The van der Waals surface area contributed by atoms with Crippen molar-refractivity contribution in [3.05, 3.63) is 65.1 Å². The van der Waals surface area contributed by atoms with Gasteiger partial charge >= 0.3 is 0 Å². The largest absolute Gasteiger partial charge is 0.494 e. The van der Waals surface area contributed by atoms with Gasteiger partial charge in [0.2, 0.25) is 5.91 Å². The Balaban J connectivity index is 1.39. The maximum atomic E-state index is 12.2. The Bertz CT molecular complexity index is 1050. The highest BCUT2D eigenvalue weighted by atomic mass is 32.1. The number of rotatable bonds is 11. The van der Waals surface area contributed by atoms with Crippen molar-refractivity contribution in [3.8, 4) is 5.75 Å². The molecule has 0 unspecified atom stereocenters. The standard InChI is InChI=1S/C23H26N4O5S/c1-2-3-4-5-12-31-18-10-8-16(9-11-18)21(29)27-26-20(28)14-17-15-33-23(24-17)25-22(30)19-7-6-13-32-19/h6-11,13,15H,2-5,12,14H2,1H3,(H,26,28)(H,27,29)(H,24,25,30). The van der Waals surface area contributed by atoms with Crippen LogP contribution in [0.2, 0.25) is 0 Å². The molecule has 0 saturated carbocycles. The van der Waals surface area contributed by atoms with Gasteiger partial charge in [0.15, 0.2) is 10.9 Å². The highest BCUT2D eigenvalue weighted by molar-refractivity contribution is 7.14. The average molecular weight is 471 g/mol. The van der Waals surface area contributed by atoms with E-state index in [1.165, 1.54) is 36.5 Å². The topological polar surface area (TPSA) is 123 Å². The maximum absolute atomic E-state index is 12.2. The molecule has 1 aromatic carbocycles. The molecule has 0 aliphatic carbocycles. The normalized spacial score (nSPS) is 10.5. The first kappa shape index (κ1) is 24.0. The molecule has 33 heavy (non-hydrogen) atoms. The molecule has 0 fully saturated rings. The van der Waals surface area contributed by atoms with Crippen molar-refractivity contribution in [3.63, 3.8) is 0 Å². The Kier molecular flexibility index (Phi) is 9.01. The van der Waals surface area contributed by atoms with E-state index in [9.17, 15) is 14.4 Å². The molecule has 9 nitrogen and oxygen atoms in total. The molecule has 174 valence electrons. The van der Waals surface area contributed by atoms with Crippen LogP contribution in [-0.4, -0.2) is 29.3 Å². The van der Waals surface area contributed by atoms with E-state index in [-0.39, 0.29) is 12.2 Å². The minimum absolute atomic E-state index is 0.0573. The van der Waals surface area contributed by atoms with E-state index in [4.69, 9.17) is 9.15 Å². The first-order valence-electron chi connectivity index (χ1n) is 10.7. The zero-order valence-electron chi connectivity index (χ0n) is 18.3. The molecule has 2 aromatic heterocycles. The van der Waals surface area contributed by atoms with E-state index < -0.39 is 17.7 Å². The first-order valence-corrected chi connectivity index (χ1v) is 11.5. The van der Waals surface area contributed by atoms with Gasteiger partial charge in [0, 0.05) is 10.9 Å². The van der Waals surface area contributed by atoms with Crippen LogP contribution in [0, 0.1) is 0 Å². The molecular weight excluding hydrogens is 444 g/mol. The summed E-state index contributed by atoms with van der Waals surface area (Å²) in [4.78, 5) is 40.5. The number of amides is 3. The Hall–Kier alpha value is -3.66. The van der Waals surface area contributed by atoms with E-state index in [0.29, 0.717) is 28.7 Å². The minimum atomic E-state index is -0.442. The number of hydrogen-bond donors (Lipinski definition) is 3. The second-order valence-electron chi connectivity index (χ2n) is 7.19. The summed E-state index contributed by atoms with van der Waals surface area (Å²) < 4.78 is 10.7. The lowest BCUT2D eigenvalue weighted by Gasteiger charge is -2.08. The van der Waals surface area contributed by atoms with E-state index in [1.54, 1.807) is 35.7 Å². The summed E-state index contributed by atoms with van der Waals surface area (Å²) in [6, 6.07) is 9.87. The van der Waals surface area contributed by atoms with E-state index in [2.05, 4.69) is 28.1 Å². The number of ether oxygens (including phenoxy) is 1. The summed E-state index contributed by atoms with van der Waals surface area (Å²) in [5.41, 5.74) is 5.59. The van der Waals surface area contributed by atoms with Gasteiger partial charge in [-0.15, -0.1) is 11.3 Å². The average Bonchev–Trinajstić information content (AvgIpc) is 3.50.